The number of para-hydroxylation sites is 1. The number of halogens is 1. The van der Waals surface area contributed by atoms with Gasteiger partial charge in [-0.2, -0.15) is 0 Å². The van der Waals surface area contributed by atoms with Gasteiger partial charge >= 0.3 is 0 Å². The van der Waals surface area contributed by atoms with Gasteiger partial charge in [0.05, 0.1) is 3.92 Å². The second-order valence-corrected chi connectivity index (χ2v) is 5.85. The molecule has 0 amide bonds. The fraction of sp³-hybridized carbons (Fsp3) is 0.200. The van der Waals surface area contributed by atoms with Crippen LogP contribution in [-0.4, -0.2) is 10.5 Å². The number of ether oxygens (including phenoxy) is 1. The summed E-state index contributed by atoms with van der Waals surface area (Å²) in [6.45, 7) is 0.789. The van der Waals surface area contributed by atoms with Gasteiger partial charge in [-0.25, -0.2) is 0 Å². The molecule has 0 saturated carbocycles. The maximum atomic E-state index is 5.78. The van der Waals surface area contributed by atoms with Crippen LogP contribution in [0.4, 0.5) is 0 Å². The molecule has 0 radical (unpaired) electrons. The van der Waals surface area contributed by atoms with Crippen LogP contribution < -0.4 is 4.74 Å². The number of hydrogen-bond donors (Lipinski definition) is 0. The highest BCUT2D eigenvalue weighted by Gasteiger charge is 2.29. The summed E-state index contributed by atoms with van der Waals surface area (Å²) in [5.41, 5.74) is 2.69. The van der Waals surface area contributed by atoms with Gasteiger partial charge in [0.15, 0.2) is 0 Å². The molecule has 2 heteroatoms. The minimum Gasteiger partial charge on any atom is -0.492 e. The van der Waals surface area contributed by atoms with E-state index in [1.807, 2.05) is 6.07 Å². The van der Waals surface area contributed by atoms with E-state index in [-0.39, 0.29) is 0 Å². The van der Waals surface area contributed by atoms with Crippen LogP contribution in [0.3, 0.4) is 0 Å². The van der Waals surface area contributed by atoms with Crippen molar-refractivity contribution in [2.24, 2.45) is 0 Å². The van der Waals surface area contributed by atoms with Crippen molar-refractivity contribution in [1.82, 2.24) is 0 Å². The van der Waals surface area contributed by atoms with E-state index >= 15 is 0 Å². The van der Waals surface area contributed by atoms with Crippen molar-refractivity contribution < 1.29 is 4.74 Å². The quantitative estimate of drug-likeness (QED) is 0.565. The predicted octanol–water partition coefficient (Wildman–Crippen LogP) is 4.01. The zero-order valence-corrected chi connectivity index (χ0v) is 11.5. The van der Waals surface area contributed by atoms with Gasteiger partial charge in [0.2, 0.25) is 0 Å². The molecule has 0 aliphatic carbocycles. The van der Waals surface area contributed by atoms with Crippen LogP contribution in [0.5, 0.6) is 5.75 Å². The van der Waals surface area contributed by atoms with E-state index in [1.54, 1.807) is 0 Å². The molecule has 86 valence electrons. The number of fused-ring (bicyclic) bond motifs is 1. The molecule has 0 N–H and O–H groups in total. The molecule has 0 fully saturated rings. The van der Waals surface area contributed by atoms with Crippen LogP contribution in [0.1, 0.15) is 17.0 Å². The standard InChI is InChI=1S/C15H13IO/c16-13-10-17-14-9-5-4-8-12(14)15(13)11-6-2-1-3-7-11/h1-9,13,15H,10H2/t13-,15-/m1/s1. The maximum absolute atomic E-state index is 5.78. The summed E-state index contributed by atoms with van der Waals surface area (Å²) in [5.74, 6) is 1.48. The summed E-state index contributed by atoms with van der Waals surface area (Å²) in [6, 6.07) is 19.1. The first-order chi connectivity index (χ1) is 8.36. The van der Waals surface area contributed by atoms with Crippen LogP contribution in [0, 0.1) is 0 Å². The van der Waals surface area contributed by atoms with Crippen LogP contribution in [0.25, 0.3) is 0 Å². The molecule has 17 heavy (non-hydrogen) atoms. The third-order valence-electron chi connectivity index (χ3n) is 3.17. The molecule has 0 spiro atoms. The molecule has 1 nitrogen and oxygen atoms in total. The minimum atomic E-state index is 0.446. The SMILES string of the molecule is I[C@@H]1COc2ccccc2[C@H]1c1ccccc1. The van der Waals surface area contributed by atoms with Gasteiger partial charge in [-0.1, -0.05) is 71.1 Å². The first-order valence-electron chi connectivity index (χ1n) is 5.77. The van der Waals surface area contributed by atoms with E-state index in [4.69, 9.17) is 4.74 Å². The summed E-state index contributed by atoms with van der Waals surface area (Å²) < 4.78 is 6.27. The lowest BCUT2D eigenvalue weighted by Crippen LogP contribution is -2.26. The van der Waals surface area contributed by atoms with Gasteiger partial charge in [0.1, 0.15) is 12.4 Å². The fourth-order valence-electron chi connectivity index (χ4n) is 2.38. The predicted molar refractivity (Wildman–Crippen MR) is 78.0 cm³/mol. The summed E-state index contributed by atoms with van der Waals surface area (Å²) in [6.07, 6.45) is 0. The molecule has 2 aromatic rings. The molecule has 0 saturated heterocycles. The molecular weight excluding hydrogens is 323 g/mol. The summed E-state index contributed by atoms with van der Waals surface area (Å²) >= 11 is 2.49. The topological polar surface area (TPSA) is 9.23 Å². The summed E-state index contributed by atoms with van der Waals surface area (Å²) in [4.78, 5) is 0. The third-order valence-corrected chi connectivity index (χ3v) is 4.25. The van der Waals surface area contributed by atoms with E-state index in [0.29, 0.717) is 9.84 Å². The van der Waals surface area contributed by atoms with Gasteiger partial charge < -0.3 is 4.74 Å². The highest BCUT2D eigenvalue weighted by Crippen LogP contribution is 2.40. The van der Waals surface area contributed by atoms with Crippen molar-refractivity contribution in [3.05, 3.63) is 65.7 Å². The van der Waals surface area contributed by atoms with Crippen molar-refractivity contribution in [2.75, 3.05) is 6.61 Å². The van der Waals surface area contributed by atoms with E-state index in [1.165, 1.54) is 11.1 Å². The molecule has 2 aromatic carbocycles. The van der Waals surface area contributed by atoms with Crippen LogP contribution in [-0.2, 0) is 0 Å². The molecule has 1 aliphatic rings. The number of benzene rings is 2. The van der Waals surface area contributed by atoms with Crippen molar-refractivity contribution in [2.45, 2.75) is 9.84 Å². The van der Waals surface area contributed by atoms with Gasteiger partial charge in [0.25, 0.3) is 0 Å². The largest absolute Gasteiger partial charge is 0.492 e. The van der Waals surface area contributed by atoms with E-state index in [0.717, 1.165) is 12.4 Å². The van der Waals surface area contributed by atoms with Crippen molar-refractivity contribution in [3.8, 4) is 5.75 Å². The Morgan fingerprint density at radius 1 is 0.941 bits per heavy atom. The lowest BCUT2D eigenvalue weighted by atomic mass is 9.87. The Labute approximate surface area is 115 Å². The zero-order valence-electron chi connectivity index (χ0n) is 9.34. The molecule has 0 bridgehead atoms. The van der Waals surface area contributed by atoms with Gasteiger partial charge in [-0.15, -0.1) is 0 Å². The second kappa shape index (κ2) is 4.69. The van der Waals surface area contributed by atoms with Crippen LogP contribution >= 0.6 is 22.6 Å². The monoisotopic (exact) mass is 336 g/mol. The summed E-state index contributed by atoms with van der Waals surface area (Å²) in [5, 5.41) is 0. The zero-order chi connectivity index (χ0) is 11.7. The maximum Gasteiger partial charge on any atom is 0.123 e. The van der Waals surface area contributed by atoms with Crippen molar-refractivity contribution in [3.63, 3.8) is 0 Å². The Hall–Kier alpha value is -1.03. The molecule has 3 rings (SSSR count). The number of alkyl halides is 1. The third kappa shape index (κ3) is 2.06. The van der Waals surface area contributed by atoms with E-state index in [2.05, 4.69) is 71.1 Å². The number of rotatable bonds is 1. The molecule has 2 atom stereocenters. The lowest BCUT2D eigenvalue weighted by molar-refractivity contribution is 0.289. The fourth-order valence-corrected chi connectivity index (χ4v) is 3.36. The lowest BCUT2D eigenvalue weighted by Gasteiger charge is -2.30. The van der Waals surface area contributed by atoms with Crippen LogP contribution in [0.15, 0.2) is 54.6 Å². The Morgan fingerprint density at radius 3 is 2.47 bits per heavy atom. The second-order valence-electron chi connectivity index (χ2n) is 4.25. The average molecular weight is 336 g/mol. The number of hydrogen-bond acceptors (Lipinski definition) is 1. The van der Waals surface area contributed by atoms with Gasteiger partial charge in [0, 0.05) is 11.5 Å². The van der Waals surface area contributed by atoms with Gasteiger partial charge in [-0.05, 0) is 11.6 Å². The molecule has 0 aromatic heterocycles. The Kier molecular flexibility index (Phi) is 3.05. The molecule has 1 heterocycles. The van der Waals surface area contributed by atoms with Crippen molar-refractivity contribution in [1.29, 1.82) is 0 Å². The Bertz CT molecular complexity index is 509. The van der Waals surface area contributed by atoms with Crippen LogP contribution in [0.2, 0.25) is 0 Å². The smallest absolute Gasteiger partial charge is 0.123 e. The summed E-state index contributed by atoms with van der Waals surface area (Å²) in [7, 11) is 0. The van der Waals surface area contributed by atoms with E-state index < -0.39 is 0 Å². The molecule has 0 unspecified atom stereocenters. The molecule has 1 aliphatic heterocycles. The Balaban J connectivity index is 2.10. The average Bonchev–Trinajstić information content (AvgIpc) is 2.39. The van der Waals surface area contributed by atoms with Crippen molar-refractivity contribution >= 4 is 22.6 Å². The Morgan fingerprint density at radius 2 is 1.65 bits per heavy atom. The first kappa shape index (κ1) is 11.1. The van der Waals surface area contributed by atoms with Gasteiger partial charge in [-0.3, -0.25) is 0 Å². The minimum absolute atomic E-state index is 0.446. The normalized spacial score (nSPS) is 22.6. The molecular formula is C15H13IO. The highest BCUT2D eigenvalue weighted by molar-refractivity contribution is 14.1. The first-order valence-corrected chi connectivity index (χ1v) is 7.01. The van der Waals surface area contributed by atoms with E-state index in [9.17, 15) is 0 Å². The highest BCUT2D eigenvalue weighted by atomic mass is 127.